The summed E-state index contributed by atoms with van der Waals surface area (Å²) in [6.07, 6.45) is 10.7. The minimum absolute atomic E-state index is 0.125. The SMILES string of the molecule is CC(C)N(C(=O)[C@H]1CC[C@H]2[C@@H]3CC[C@H]4C=C(C(=O)O)CC[C@]4(C)[C@H]3CC[C@]12C)C(C)C. The third-order valence-electron chi connectivity index (χ3n) is 10.2. The molecule has 0 aromatic rings. The molecule has 0 radical (unpaired) electrons. The van der Waals surface area contributed by atoms with E-state index in [-0.39, 0.29) is 28.8 Å². The van der Waals surface area contributed by atoms with E-state index < -0.39 is 5.97 Å². The number of nitrogens with zero attached hydrogens (tertiary/aromatic N) is 1. The smallest absolute Gasteiger partial charge is 0.331 e. The molecule has 4 nitrogen and oxygen atoms in total. The van der Waals surface area contributed by atoms with Gasteiger partial charge in [0.2, 0.25) is 5.91 Å². The topological polar surface area (TPSA) is 57.6 Å². The second-order valence-corrected chi connectivity index (χ2v) is 12.2. The molecule has 0 spiro atoms. The number of allylic oxidation sites excluding steroid dienone is 1. The molecule has 4 heteroatoms. The Morgan fingerprint density at radius 1 is 0.935 bits per heavy atom. The van der Waals surface area contributed by atoms with Gasteiger partial charge in [-0.2, -0.15) is 0 Å². The van der Waals surface area contributed by atoms with Gasteiger partial charge in [0.05, 0.1) is 0 Å². The second kappa shape index (κ2) is 7.92. The summed E-state index contributed by atoms with van der Waals surface area (Å²) in [6, 6.07) is 0.497. The highest BCUT2D eigenvalue weighted by atomic mass is 16.4. The van der Waals surface area contributed by atoms with Crippen molar-refractivity contribution in [1.29, 1.82) is 0 Å². The maximum Gasteiger partial charge on any atom is 0.331 e. The summed E-state index contributed by atoms with van der Waals surface area (Å²) in [5.41, 5.74) is 0.989. The lowest BCUT2D eigenvalue weighted by Crippen LogP contribution is -2.54. The van der Waals surface area contributed by atoms with E-state index in [1.54, 1.807) is 0 Å². The Hall–Kier alpha value is -1.32. The first-order valence-electron chi connectivity index (χ1n) is 12.8. The van der Waals surface area contributed by atoms with Crippen LogP contribution < -0.4 is 0 Å². The molecule has 4 aliphatic carbocycles. The molecule has 1 N–H and O–H groups in total. The number of carboxylic acids is 1. The lowest BCUT2D eigenvalue weighted by Gasteiger charge is -2.59. The van der Waals surface area contributed by atoms with Crippen molar-refractivity contribution in [3.05, 3.63) is 11.6 Å². The van der Waals surface area contributed by atoms with E-state index in [1.807, 2.05) is 0 Å². The standard InChI is InChI=1S/C27H43NO3/c1-16(2)28(17(3)4)24(29)23-10-9-21-20-8-7-19-15-18(25(30)31)11-13-26(19,5)22(20)12-14-27(21,23)6/h15-17,19-23H,7-14H2,1-6H3,(H,30,31)/t19-,20-,21-,22-,23+,26-,27-/m0/s1. The van der Waals surface area contributed by atoms with Crippen LogP contribution >= 0.6 is 0 Å². The van der Waals surface area contributed by atoms with Crippen LogP contribution in [0.5, 0.6) is 0 Å². The number of hydrogen-bond acceptors (Lipinski definition) is 2. The van der Waals surface area contributed by atoms with Crippen molar-refractivity contribution in [1.82, 2.24) is 4.90 Å². The average molecular weight is 430 g/mol. The number of carboxylic acid groups (broad SMARTS) is 1. The fourth-order valence-electron chi connectivity index (χ4n) is 8.73. The van der Waals surface area contributed by atoms with Gasteiger partial charge in [-0.15, -0.1) is 0 Å². The number of fused-ring (bicyclic) bond motifs is 5. The molecule has 0 bridgehead atoms. The summed E-state index contributed by atoms with van der Waals surface area (Å²) in [5.74, 6) is 2.26. The Morgan fingerprint density at radius 2 is 1.58 bits per heavy atom. The van der Waals surface area contributed by atoms with Gasteiger partial charge in [-0.3, -0.25) is 4.79 Å². The van der Waals surface area contributed by atoms with Gasteiger partial charge in [0.15, 0.2) is 0 Å². The fourth-order valence-corrected chi connectivity index (χ4v) is 8.73. The molecule has 0 unspecified atom stereocenters. The van der Waals surface area contributed by atoms with Gasteiger partial charge in [-0.1, -0.05) is 19.9 Å². The van der Waals surface area contributed by atoms with Gasteiger partial charge in [-0.05, 0) is 114 Å². The number of carbonyl (C=O) groups is 2. The number of aliphatic carboxylic acids is 1. The zero-order valence-electron chi connectivity index (χ0n) is 20.5. The summed E-state index contributed by atoms with van der Waals surface area (Å²) in [4.78, 5) is 27.4. The van der Waals surface area contributed by atoms with Crippen LogP contribution in [0.3, 0.4) is 0 Å². The Bertz CT molecular complexity index is 762. The van der Waals surface area contributed by atoms with Crippen molar-refractivity contribution in [2.24, 2.45) is 40.4 Å². The Kier molecular flexibility index (Phi) is 5.84. The van der Waals surface area contributed by atoms with Crippen molar-refractivity contribution in [3.63, 3.8) is 0 Å². The molecule has 3 saturated carbocycles. The maximum absolute atomic E-state index is 13.7. The van der Waals surface area contributed by atoms with Crippen LogP contribution in [0.4, 0.5) is 0 Å². The molecule has 31 heavy (non-hydrogen) atoms. The highest BCUT2D eigenvalue weighted by molar-refractivity contribution is 5.86. The minimum atomic E-state index is -0.725. The van der Waals surface area contributed by atoms with Crippen LogP contribution in [0.1, 0.15) is 92.9 Å². The van der Waals surface area contributed by atoms with Gasteiger partial charge in [0.25, 0.3) is 0 Å². The Morgan fingerprint density at radius 3 is 2.19 bits per heavy atom. The molecular formula is C27H43NO3. The van der Waals surface area contributed by atoms with E-state index in [0.29, 0.717) is 41.6 Å². The van der Waals surface area contributed by atoms with Crippen LogP contribution in [0.15, 0.2) is 11.6 Å². The third kappa shape index (κ3) is 3.47. The number of carbonyl (C=O) groups excluding carboxylic acids is 1. The molecule has 0 aromatic heterocycles. The molecule has 4 aliphatic rings. The highest BCUT2D eigenvalue weighted by Crippen LogP contribution is 2.67. The summed E-state index contributed by atoms with van der Waals surface area (Å²) in [6.45, 7) is 13.5. The van der Waals surface area contributed by atoms with Gasteiger partial charge < -0.3 is 10.0 Å². The van der Waals surface area contributed by atoms with Crippen molar-refractivity contribution < 1.29 is 14.7 Å². The maximum atomic E-state index is 13.7. The summed E-state index contributed by atoms with van der Waals surface area (Å²) in [5, 5.41) is 9.50. The second-order valence-electron chi connectivity index (χ2n) is 12.2. The fraction of sp³-hybridized carbons (Fsp3) is 0.852. The predicted molar refractivity (Wildman–Crippen MR) is 123 cm³/mol. The minimum Gasteiger partial charge on any atom is -0.478 e. The van der Waals surface area contributed by atoms with E-state index in [0.717, 1.165) is 25.7 Å². The monoisotopic (exact) mass is 429 g/mol. The van der Waals surface area contributed by atoms with Crippen LogP contribution in [0, 0.1) is 40.4 Å². The molecule has 0 aromatic carbocycles. The summed E-state index contributed by atoms with van der Waals surface area (Å²) >= 11 is 0. The lowest BCUT2D eigenvalue weighted by atomic mass is 9.45. The van der Waals surface area contributed by atoms with Crippen molar-refractivity contribution >= 4 is 11.9 Å². The molecule has 0 aliphatic heterocycles. The number of amides is 1. The van der Waals surface area contributed by atoms with Crippen LogP contribution in [0.2, 0.25) is 0 Å². The lowest BCUT2D eigenvalue weighted by molar-refractivity contribution is -0.148. The van der Waals surface area contributed by atoms with Crippen LogP contribution in [0.25, 0.3) is 0 Å². The van der Waals surface area contributed by atoms with Gasteiger partial charge in [0.1, 0.15) is 0 Å². The quantitative estimate of drug-likeness (QED) is 0.604. The normalized spacial score (nSPS) is 41.9. The van der Waals surface area contributed by atoms with Crippen LogP contribution in [-0.4, -0.2) is 34.0 Å². The summed E-state index contributed by atoms with van der Waals surface area (Å²) < 4.78 is 0. The van der Waals surface area contributed by atoms with Gasteiger partial charge in [-0.25, -0.2) is 4.79 Å². The Labute approximate surface area is 188 Å². The molecule has 7 atom stereocenters. The highest BCUT2D eigenvalue weighted by Gasteiger charge is 2.61. The van der Waals surface area contributed by atoms with E-state index in [9.17, 15) is 14.7 Å². The predicted octanol–water partition coefficient (Wildman–Crippen LogP) is 5.91. The summed E-state index contributed by atoms with van der Waals surface area (Å²) in [7, 11) is 0. The molecule has 0 heterocycles. The molecule has 1 amide bonds. The van der Waals surface area contributed by atoms with Crippen molar-refractivity contribution in [3.8, 4) is 0 Å². The molecule has 4 rings (SSSR count). The van der Waals surface area contributed by atoms with Crippen molar-refractivity contribution in [2.45, 2.75) is 105 Å². The largest absolute Gasteiger partial charge is 0.478 e. The zero-order valence-corrected chi connectivity index (χ0v) is 20.5. The van der Waals surface area contributed by atoms with Gasteiger partial charge in [0, 0.05) is 23.6 Å². The molecular weight excluding hydrogens is 386 g/mol. The molecule has 0 saturated heterocycles. The first kappa shape index (κ1) is 22.9. The van der Waals surface area contributed by atoms with E-state index in [2.05, 4.69) is 52.5 Å². The Balaban J connectivity index is 1.58. The number of rotatable bonds is 4. The molecule has 174 valence electrons. The first-order valence-corrected chi connectivity index (χ1v) is 12.8. The van der Waals surface area contributed by atoms with Crippen molar-refractivity contribution in [2.75, 3.05) is 0 Å². The third-order valence-corrected chi connectivity index (χ3v) is 10.2. The van der Waals surface area contributed by atoms with Crippen LogP contribution in [-0.2, 0) is 9.59 Å². The average Bonchev–Trinajstić information content (AvgIpc) is 3.03. The van der Waals surface area contributed by atoms with Gasteiger partial charge >= 0.3 is 5.97 Å². The molecule has 3 fully saturated rings. The van der Waals surface area contributed by atoms with E-state index >= 15 is 0 Å². The van der Waals surface area contributed by atoms with E-state index in [1.165, 1.54) is 19.3 Å². The first-order chi connectivity index (χ1) is 14.5. The zero-order chi connectivity index (χ0) is 22.7. The number of hydrogen-bond donors (Lipinski definition) is 1. The van der Waals surface area contributed by atoms with E-state index in [4.69, 9.17) is 0 Å².